The third-order valence-electron chi connectivity index (χ3n) is 4.97. The van der Waals surface area contributed by atoms with E-state index in [2.05, 4.69) is 42.3 Å². The topological polar surface area (TPSA) is 80.0 Å². The first-order chi connectivity index (χ1) is 14.1. The number of anilines is 1. The SMILES string of the molecule is CCC(C)CNc1ccc2c(-c3ccccc3)nn(-c3nc(C(=O)O)cs3)c2c1. The van der Waals surface area contributed by atoms with Gasteiger partial charge in [0.25, 0.3) is 0 Å². The van der Waals surface area contributed by atoms with E-state index >= 15 is 0 Å². The second-order valence-electron chi connectivity index (χ2n) is 7.07. The summed E-state index contributed by atoms with van der Waals surface area (Å²) in [5.41, 5.74) is 3.78. The van der Waals surface area contributed by atoms with Crippen molar-refractivity contribution in [3.63, 3.8) is 0 Å². The molecular formula is C22H22N4O2S. The number of carboxylic acids is 1. The van der Waals surface area contributed by atoms with Crippen LogP contribution in [0.3, 0.4) is 0 Å². The summed E-state index contributed by atoms with van der Waals surface area (Å²) in [4.78, 5) is 15.5. The molecule has 0 aliphatic heterocycles. The highest BCUT2D eigenvalue weighted by molar-refractivity contribution is 7.12. The number of hydrogen-bond donors (Lipinski definition) is 2. The van der Waals surface area contributed by atoms with Gasteiger partial charge in [-0.25, -0.2) is 14.5 Å². The van der Waals surface area contributed by atoms with E-state index in [0.717, 1.165) is 40.8 Å². The molecule has 1 atom stereocenters. The minimum atomic E-state index is -1.04. The lowest BCUT2D eigenvalue weighted by molar-refractivity contribution is 0.0691. The molecule has 0 fully saturated rings. The van der Waals surface area contributed by atoms with Gasteiger partial charge in [-0.15, -0.1) is 11.3 Å². The number of carbonyl (C=O) groups is 1. The highest BCUT2D eigenvalue weighted by atomic mass is 32.1. The first-order valence-corrected chi connectivity index (χ1v) is 10.5. The fourth-order valence-electron chi connectivity index (χ4n) is 3.08. The van der Waals surface area contributed by atoms with Crippen molar-refractivity contribution in [2.45, 2.75) is 20.3 Å². The molecule has 0 spiro atoms. The number of nitrogens with zero attached hydrogens (tertiary/aromatic N) is 3. The van der Waals surface area contributed by atoms with Crippen LogP contribution in [0.25, 0.3) is 27.3 Å². The second-order valence-corrected chi connectivity index (χ2v) is 7.91. The summed E-state index contributed by atoms with van der Waals surface area (Å²) >= 11 is 1.27. The molecule has 2 N–H and O–H groups in total. The van der Waals surface area contributed by atoms with Crippen LogP contribution in [0.1, 0.15) is 30.8 Å². The zero-order chi connectivity index (χ0) is 20.4. The molecule has 29 heavy (non-hydrogen) atoms. The fraction of sp³-hybridized carbons (Fsp3) is 0.227. The molecule has 6 nitrogen and oxygen atoms in total. The Balaban J connectivity index is 1.84. The maximum atomic E-state index is 11.3. The Morgan fingerprint density at radius 2 is 2.03 bits per heavy atom. The van der Waals surface area contributed by atoms with E-state index in [0.29, 0.717) is 11.0 Å². The molecule has 0 saturated carbocycles. The van der Waals surface area contributed by atoms with Crippen molar-refractivity contribution in [2.24, 2.45) is 5.92 Å². The van der Waals surface area contributed by atoms with Gasteiger partial charge in [0.1, 0.15) is 5.69 Å². The lowest BCUT2D eigenvalue weighted by Crippen LogP contribution is -2.10. The quantitative estimate of drug-likeness (QED) is 0.435. The summed E-state index contributed by atoms with van der Waals surface area (Å²) in [6.45, 7) is 5.29. The Labute approximate surface area is 172 Å². The zero-order valence-corrected chi connectivity index (χ0v) is 17.1. The van der Waals surface area contributed by atoms with E-state index in [1.54, 1.807) is 10.1 Å². The number of fused-ring (bicyclic) bond motifs is 1. The summed E-state index contributed by atoms with van der Waals surface area (Å²) in [5, 5.41) is 20.6. The Kier molecular flexibility index (Phi) is 5.31. The van der Waals surface area contributed by atoms with Gasteiger partial charge >= 0.3 is 5.97 Å². The van der Waals surface area contributed by atoms with Gasteiger partial charge in [-0.1, -0.05) is 50.6 Å². The number of aromatic nitrogens is 3. The number of benzene rings is 2. The molecule has 2 aromatic carbocycles. The van der Waals surface area contributed by atoms with E-state index in [9.17, 15) is 9.90 Å². The van der Waals surface area contributed by atoms with Crippen molar-refractivity contribution in [1.82, 2.24) is 14.8 Å². The summed E-state index contributed by atoms with van der Waals surface area (Å²) in [7, 11) is 0. The fourth-order valence-corrected chi connectivity index (χ4v) is 3.84. The highest BCUT2D eigenvalue weighted by Crippen LogP contribution is 2.32. The van der Waals surface area contributed by atoms with Crippen molar-refractivity contribution < 1.29 is 9.90 Å². The first-order valence-electron chi connectivity index (χ1n) is 9.58. The Morgan fingerprint density at radius 3 is 2.72 bits per heavy atom. The van der Waals surface area contributed by atoms with Gasteiger partial charge in [0.15, 0.2) is 5.69 Å². The minimum Gasteiger partial charge on any atom is -0.476 e. The minimum absolute atomic E-state index is 0.0287. The Morgan fingerprint density at radius 1 is 1.24 bits per heavy atom. The van der Waals surface area contributed by atoms with Gasteiger partial charge in [-0.05, 0) is 24.1 Å². The van der Waals surface area contributed by atoms with Crippen molar-refractivity contribution in [3.8, 4) is 16.4 Å². The van der Waals surface area contributed by atoms with Gasteiger partial charge in [0, 0.05) is 28.6 Å². The number of rotatable bonds is 7. The third-order valence-corrected chi connectivity index (χ3v) is 5.79. The van der Waals surface area contributed by atoms with E-state index < -0.39 is 5.97 Å². The second kappa shape index (κ2) is 8.05. The number of aromatic carboxylic acids is 1. The van der Waals surface area contributed by atoms with Crippen LogP contribution in [0.5, 0.6) is 0 Å². The molecule has 0 amide bonds. The van der Waals surface area contributed by atoms with E-state index in [1.807, 2.05) is 30.3 Å². The standard InChI is InChI=1S/C22H22N4O2S/c1-3-14(2)12-23-16-9-10-17-19(11-16)26(22-24-18(13-29-22)21(27)28)25-20(17)15-7-5-4-6-8-15/h4-11,13-14,23H,3,12H2,1-2H3,(H,27,28). The number of carboxylic acid groups (broad SMARTS) is 1. The molecule has 2 aromatic heterocycles. The average molecular weight is 407 g/mol. The molecule has 0 aliphatic rings. The molecule has 0 bridgehead atoms. The third kappa shape index (κ3) is 3.86. The monoisotopic (exact) mass is 406 g/mol. The van der Waals surface area contributed by atoms with Gasteiger partial charge in [0.2, 0.25) is 5.13 Å². The molecular weight excluding hydrogens is 384 g/mol. The van der Waals surface area contributed by atoms with Crippen LogP contribution >= 0.6 is 11.3 Å². The largest absolute Gasteiger partial charge is 0.476 e. The molecule has 0 radical (unpaired) electrons. The van der Waals surface area contributed by atoms with Crippen LogP contribution in [-0.4, -0.2) is 32.4 Å². The van der Waals surface area contributed by atoms with E-state index in [-0.39, 0.29) is 5.69 Å². The molecule has 0 aliphatic carbocycles. The predicted molar refractivity (Wildman–Crippen MR) is 117 cm³/mol. The molecule has 7 heteroatoms. The number of thiazole rings is 1. The van der Waals surface area contributed by atoms with Crippen LogP contribution < -0.4 is 5.32 Å². The lowest BCUT2D eigenvalue weighted by Gasteiger charge is -2.11. The van der Waals surface area contributed by atoms with Crippen LogP contribution in [0, 0.1) is 5.92 Å². The Bertz CT molecular complexity index is 1150. The first kappa shape index (κ1) is 19.1. The van der Waals surface area contributed by atoms with E-state index in [4.69, 9.17) is 5.10 Å². The van der Waals surface area contributed by atoms with Gasteiger partial charge in [0.05, 0.1) is 5.52 Å². The van der Waals surface area contributed by atoms with Gasteiger partial charge < -0.3 is 10.4 Å². The highest BCUT2D eigenvalue weighted by Gasteiger charge is 2.18. The smallest absolute Gasteiger partial charge is 0.355 e. The molecule has 148 valence electrons. The van der Waals surface area contributed by atoms with Crippen LogP contribution in [-0.2, 0) is 0 Å². The molecule has 4 rings (SSSR count). The molecule has 4 aromatic rings. The molecule has 2 heterocycles. The van der Waals surface area contributed by atoms with Crippen LogP contribution in [0.15, 0.2) is 53.9 Å². The average Bonchev–Trinajstić information content (AvgIpc) is 3.37. The van der Waals surface area contributed by atoms with Crippen molar-refractivity contribution in [2.75, 3.05) is 11.9 Å². The van der Waals surface area contributed by atoms with Crippen LogP contribution in [0.4, 0.5) is 5.69 Å². The number of hydrogen-bond acceptors (Lipinski definition) is 5. The normalized spacial score (nSPS) is 12.2. The van der Waals surface area contributed by atoms with Crippen molar-refractivity contribution in [3.05, 3.63) is 59.6 Å². The maximum absolute atomic E-state index is 11.3. The summed E-state index contributed by atoms with van der Waals surface area (Å²) < 4.78 is 1.74. The summed E-state index contributed by atoms with van der Waals surface area (Å²) in [6.07, 6.45) is 1.11. The lowest BCUT2D eigenvalue weighted by atomic mass is 10.1. The van der Waals surface area contributed by atoms with Crippen molar-refractivity contribution in [1.29, 1.82) is 0 Å². The molecule has 1 unspecified atom stereocenters. The summed E-state index contributed by atoms with van der Waals surface area (Å²) in [6, 6.07) is 16.2. The van der Waals surface area contributed by atoms with Gasteiger partial charge in [-0.3, -0.25) is 0 Å². The van der Waals surface area contributed by atoms with Crippen molar-refractivity contribution >= 4 is 33.9 Å². The van der Waals surface area contributed by atoms with Gasteiger partial charge in [-0.2, -0.15) is 5.10 Å². The predicted octanol–water partition coefficient (Wildman–Crippen LogP) is 5.31. The number of nitrogens with one attached hydrogen (secondary N) is 1. The summed E-state index contributed by atoms with van der Waals surface area (Å²) in [5.74, 6) is -0.462. The maximum Gasteiger partial charge on any atom is 0.355 e. The van der Waals surface area contributed by atoms with E-state index in [1.165, 1.54) is 11.3 Å². The zero-order valence-electron chi connectivity index (χ0n) is 16.3. The van der Waals surface area contributed by atoms with Crippen LogP contribution in [0.2, 0.25) is 0 Å². The molecule has 0 saturated heterocycles. The Hall–Kier alpha value is -3.19.